The predicted octanol–water partition coefficient (Wildman–Crippen LogP) is 2.16. The fraction of sp³-hybridized carbons (Fsp3) is 0.611. The highest BCUT2D eigenvalue weighted by Crippen LogP contribution is 2.25. The van der Waals surface area contributed by atoms with Crippen LogP contribution >= 0.6 is 15.9 Å². The summed E-state index contributed by atoms with van der Waals surface area (Å²) in [7, 11) is 0. The maximum Gasteiger partial charge on any atom is 0.242 e. The summed E-state index contributed by atoms with van der Waals surface area (Å²) in [6.45, 7) is 6.67. The van der Waals surface area contributed by atoms with E-state index in [0.29, 0.717) is 32.1 Å². The van der Waals surface area contributed by atoms with Gasteiger partial charge in [-0.3, -0.25) is 9.69 Å². The lowest BCUT2D eigenvalue weighted by Crippen LogP contribution is -2.61. The molecule has 1 unspecified atom stereocenters. The summed E-state index contributed by atoms with van der Waals surface area (Å²) in [6, 6.07) is 8.82. The average molecular weight is 396 g/mol. The number of nitrogens with two attached hydrogens (primary N) is 1. The van der Waals surface area contributed by atoms with Crippen LogP contribution in [-0.4, -0.2) is 60.6 Å². The van der Waals surface area contributed by atoms with Crippen LogP contribution in [0.15, 0.2) is 28.7 Å². The van der Waals surface area contributed by atoms with E-state index in [1.165, 1.54) is 5.56 Å². The van der Waals surface area contributed by atoms with Crippen molar-refractivity contribution in [2.75, 3.05) is 39.4 Å². The molecule has 2 fully saturated rings. The van der Waals surface area contributed by atoms with Crippen molar-refractivity contribution in [3.63, 3.8) is 0 Å². The van der Waals surface area contributed by atoms with Crippen LogP contribution in [0.5, 0.6) is 0 Å². The monoisotopic (exact) mass is 395 g/mol. The molecule has 2 aliphatic heterocycles. The molecular weight excluding hydrogens is 370 g/mol. The molecule has 0 saturated carbocycles. The molecule has 0 spiro atoms. The highest BCUT2D eigenvalue weighted by molar-refractivity contribution is 9.10. The Morgan fingerprint density at radius 1 is 1.17 bits per heavy atom. The van der Waals surface area contributed by atoms with Gasteiger partial charge in [-0.1, -0.05) is 28.1 Å². The predicted molar refractivity (Wildman–Crippen MR) is 97.7 cm³/mol. The number of benzene rings is 1. The molecule has 24 heavy (non-hydrogen) atoms. The maximum atomic E-state index is 12.8. The van der Waals surface area contributed by atoms with E-state index in [4.69, 9.17) is 10.5 Å². The first-order valence-corrected chi connectivity index (χ1v) is 9.44. The molecular formula is C18H26BrN3O2. The Bertz CT molecular complexity index is 564. The SMILES string of the molecule is CC(c1ccc(Br)cc1)N1CCN(C(=O)C2(N)CCOCC2)CC1. The minimum absolute atomic E-state index is 0.0988. The highest BCUT2D eigenvalue weighted by Gasteiger charge is 2.40. The Hall–Kier alpha value is -0.950. The lowest BCUT2D eigenvalue weighted by Gasteiger charge is -2.42. The van der Waals surface area contributed by atoms with Gasteiger partial charge in [0.05, 0.1) is 5.54 Å². The molecule has 1 aromatic rings. The normalized spacial score (nSPS) is 23.0. The Morgan fingerprint density at radius 2 is 1.75 bits per heavy atom. The number of amides is 1. The molecule has 1 amide bonds. The van der Waals surface area contributed by atoms with Crippen molar-refractivity contribution in [2.24, 2.45) is 5.73 Å². The van der Waals surface area contributed by atoms with Gasteiger partial charge in [-0.15, -0.1) is 0 Å². The van der Waals surface area contributed by atoms with E-state index >= 15 is 0 Å². The third kappa shape index (κ3) is 3.82. The fourth-order valence-electron chi connectivity index (χ4n) is 3.53. The molecule has 2 saturated heterocycles. The van der Waals surface area contributed by atoms with Crippen LogP contribution in [-0.2, 0) is 9.53 Å². The molecule has 0 aliphatic carbocycles. The number of hydrogen-bond acceptors (Lipinski definition) is 4. The number of carbonyl (C=O) groups is 1. The highest BCUT2D eigenvalue weighted by atomic mass is 79.9. The van der Waals surface area contributed by atoms with Gasteiger partial charge in [-0.05, 0) is 37.5 Å². The Morgan fingerprint density at radius 3 is 2.33 bits per heavy atom. The van der Waals surface area contributed by atoms with Crippen LogP contribution in [0.25, 0.3) is 0 Å². The van der Waals surface area contributed by atoms with E-state index in [9.17, 15) is 4.79 Å². The van der Waals surface area contributed by atoms with Gasteiger partial charge in [0.15, 0.2) is 0 Å². The van der Waals surface area contributed by atoms with Gasteiger partial charge in [0, 0.05) is 49.9 Å². The van der Waals surface area contributed by atoms with Crippen LogP contribution in [0.4, 0.5) is 0 Å². The summed E-state index contributed by atoms with van der Waals surface area (Å²) < 4.78 is 6.44. The zero-order valence-electron chi connectivity index (χ0n) is 14.2. The Labute approximate surface area is 152 Å². The number of nitrogens with zero attached hydrogens (tertiary/aromatic N) is 2. The van der Waals surface area contributed by atoms with Crippen molar-refractivity contribution in [2.45, 2.75) is 31.3 Å². The molecule has 2 aliphatic rings. The molecule has 1 atom stereocenters. The third-order valence-electron chi connectivity index (χ3n) is 5.31. The van der Waals surface area contributed by atoms with Gasteiger partial charge < -0.3 is 15.4 Å². The Kier molecular flexibility index (Phi) is 5.59. The summed E-state index contributed by atoms with van der Waals surface area (Å²) in [5.41, 5.74) is 6.92. The van der Waals surface area contributed by atoms with Crippen molar-refractivity contribution >= 4 is 21.8 Å². The summed E-state index contributed by atoms with van der Waals surface area (Å²) in [6.07, 6.45) is 1.25. The van der Waals surface area contributed by atoms with Crippen molar-refractivity contribution in [1.29, 1.82) is 0 Å². The van der Waals surface area contributed by atoms with Crippen molar-refractivity contribution < 1.29 is 9.53 Å². The average Bonchev–Trinajstić information content (AvgIpc) is 2.62. The van der Waals surface area contributed by atoms with E-state index in [1.54, 1.807) is 0 Å². The van der Waals surface area contributed by atoms with Gasteiger partial charge in [0.2, 0.25) is 5.91 Å². The molecule has 132 valence electrons. The second-order valence-corrected chi connectivity index (χ2v) is 7.74. The van der Waals surface area contributed by atoms with Gasteiger partial charge in [0.1, 0.15) is 0 Å². The van der Waals surface area contributed by atoms with Gasteiger partial charge in [-0.25, -0.2) is 0 Å². The molecule has 1 aromatic carbocycles. The first-order chi connectivity index (χ1) is 11.5. The molecule has 2 heterocycles. The smallest absolute Gasteiger partial charge is 0.242 e. The quantitative estimate of drug-likeness (QED) is 0.851. The second kappa shape index (κ2) is 7.52. The maximum absolute atomic E-state index is 12.8. The van der Waals surface area contributed by atoms with Gasteiger partial charge in [0.25, 0.3) is 0 Å². The van der Waals surface area contributed by atoms with Gasteiger partial charge >= 0.3 is 0 Å². The van der Waals surface area contributed by atoms with Crippen LogP contribution in [0.2, 0.25) is 0 Å². The molecule has 0 radical (unpaired) electrons. The fourth-order valence-corrected chi connectivity index (χ4v) is 3.79. The zero-order chi connectivity index (χ0) is 17.2. The number of rotatable bonds is 3. The summed E-state index contributed by atoms with van der Waals surface area (Å²) in [5, 5.41) is 0. The minimum Gasteiger partial charge on any atom is -0.381 e. The lowest BCUT2D eigenvalue weighted by atomic mass is 9.89. The van der Waals surface area contributed by atoms with Crippen LogP contribution < -0.4 is 5.73 Å². The second-order valence-electron chi connectivity index (χ2n) is 6.82. The summed E-state index contributed by atoms with van der Waals surface area (Å²) in [4.78, 5) is 17.2. The molecule has 5 nitrogen and oxygen atoms in total. The van der Waals surface area contributed by atoms with E-state index in [1.807, 2.05) is 4.90 Å². The van der Waals surface area contributed by atoms with E-state index in [0.717, 1.165) is 30.7 Å². The lowest BCUT2D eigenvalue weighted by molar-refractivity contribution is -0.142. The summed E-state index contributed by atoms with van der Waals surface area (Å²) >= 11 is 3.48. The number of piperazine rings is 1. The van der Waals surface area contributed by atoms with Crippen molar-refractivity contribution in [1.82, 2.24) is 9.80 Å². The first kappa shape index (κ1) is 17.9. The van der Waals surface area contributed by atoms with Crippen LogP contribution in [0.3, 0.4) is 0 Å². The number of ether oxygens (including phenoxy) is 1. The Balaban J connectivity index is 1.57. The number of carbonyl (C=O) groups excluding carboxylic acids is 1. The first-order valence-electron chi connectivity index (χ1n) is 8.65. The molecule has 6 heteroatoms. The van der Waals surface area contributed by atoms with E-state index in [-0.39, 0.29) is 5.91 Å². The zero-order valence-corrected chi connectivity index (χ0v) is 15.8. The third-order valence-corrected chi connectivity index (χ3v) is 5.84. The van der Waals surface area contributed by atoms with Crippen LogP contribution in [0, 0.1) is 0 Å². The number of halogens is 1. The van der Waals surface area contributed by atoms with E-state index < -0.39 is 5.54 Å². The van der Waals surface area contributed by atoms with Crippen molar-refractivity contribution in [3.05, 3.63) is 34.3 Å². The molecule has 3 rings (SSSR count). The summed E-state index contributed by atoms with van der Waals surface area (Å²) in [5.74, 6) is 0.0988. The van der Waals surface area contributed by atoms with Crippen molar-refractivity contribution in [3.8, 4) is 0 Å². The minimum atomic E-state index is -0.724. The topological polar surface area (TPSA) is 58.8 Å². The molecule has 0 bridgehead atoms. The van der Waals surface area contributed by atoms with Gasteiger partial charge in [-0.2, -0.15) is 0 Å². The number of hydrogen-bond donors (Lipinski definition) is 1. The van der Waals surface area contributed by atoms with E-state index in [2.05, 4.69) is 52.0 Å². The standard InChI is InChI=1S/C18H26BrN3O2/c1-14(15-2-4-16(19)5-3-15)21-8-10-22(11-9-21)17(23)18(20)6-12-24-13-7-18/h2-5,14H,6-13,20H2,1H3. The molecule has 2 N–H and O–H groups in total. The largest absolute Gasteiger partial charge is 0.381 e. The van der Waals surface area contributed by atoms with Crippen LogP contribution in [0.1, 0.15) is 31.4 Å². The molecule has 0 aromatic heterocycles.